The van der Waals surface area contributed by atoms with Crippen molar-refractivity contribution in [3.05, 3.63) is 64.9 Å². The minimum absolute atomic E-state index is 0.304. The van der Waals surface area contributed by atoms with Gasteiger partial charge in [0.25, 0.3) is 5.91 Å². The summed E-state index contributed by atoms with van der Waals surface area (Å²) in [5.74, 6) is 0.829. The summed E-state index contributed by atoms with van der Waals surface area (Å²) in [4.78, 5) is 25.2. The Morgan fingerprint density at radius 2 is 1.82 bits per heavy atom. The van der Waals surface area contributed by atoms with Crippen molar-refractivity contribution in [3.63, 3.8) is 0 Å². The van der Waals surface area contributed by atoms with Crippen LogP contribution in [0.5, 0.6) is 11.5 Å². The number of nitrogens with one attached hydrogen (secondary N) is 3. The summed E-state index contributed by atoms with van der Waals surface area (Å²) in [5, 5.41) is 8.42. The molecule has 1 atom stereocenters. The lowest BCUT2D eigenvalue weighted by molar-refractivity contribution is -0.113. The number of methoxy groups -OCH3 is 2. The van der Waals surface area contributed by atoms with Crippen molar-refractivity contribution in [1.82, 2.24) is 10.6 Å². The molecular formula is C21H23N3O4. The van der Waals surface area contributed by atoms with Gasteiger partial charge in [-0.3, -0.25) is 4.79 Å². The molecule has 2 aromatic rings. The van der Waals surface area contributed by atoms with E-state index in [1.807, 2.05) is 31.2 Å². The molecule has 28 heavy (non-hydrogen) atoms. The standard InChI is InChI=1S/C21H23N3O4/c1-12-7-5-6-8-16(12)23-20(25)18-13(2)22-21(26)24-19(18)15-10-9-14(27-3)11-17(15)28-4/h5-11,19H,1-4H3,(H,23,25)(H2,22,24,26)/t19-/m1/s1. The summed E-state index contributed by atoms with van der Waals surface area (Å²) in [6.45, 7) is 3.62. The minimum atomic E-state index is -0.668. The third-order valence-electron chi connectivity index (χ3n) is 4.66. The van der Waals surface area contributed by atoms with Crippen LogP contribution in [0.4, 0.5) is 10.5 Å². The van der Waals surface area contributed by atoms with Crippen LogP contribution in [0.15, 0.2) is 53.7 Å². The third kappa shape index (κ3) is 3.78. The number of allylic oxidation sites excluding steroid dienone is 1. The topological polar surface area (TPSA) is 88.7 Å². The van der Waals surface area contributed by atoms with Gasteiger partial charge in [0.15, 0.2) is 0 Å². The highest BCUT2D eigenvalue weighted by Gasteiger charge is 2.33. The number of amides is 3. The number of hydrogen-bond donors (Lipinski definition) is 3. The van der Waals surface area contributed by atoms with Gasteiger partial charge in [-0.1, -0.05) is 18.2 Å². The van der Waals surface area contributed by atoms with E-state index >= 15 is 0 Å². The van der Waals surface area contributed by atoms with Gasteiger partial charge >= 0.3 is 6.03 Å². The van der Waals surface area contributed by atoms with E-state index in [-0.39, 0.29) is 11.9 Å². The van der Waals surface area contributed by atoms with Gasteiger partial charge < -0.3 is 25.4 Å². The van der Waals surface area contributed by atoms with Crippen molar-refractivity contribution < 1.29 is 19.1 Å². The average molecular weight is 381 g/mol. The van der Waals surface area contributed by atoms with Crippen molar-refractivity contribution >= 4 is 17.6 Å². The maximum atomic E-state index is 13.1. The number of aryl methyl sites for hydroxylation is 1. The molecule has 0 aliphatic carbocycles. The maximum Gasteiger partial charge on any atom is 0.319 e. The molecule has 7 heteroatoms. The summed E-state index contributed by atoms with van der Waals surface area (Å²) in [7, 11) is 3.09. The molecule has 7 nitrogen and oxygen atoms in total. The highest BCUT2D eigenvalue weighted by molar-refractivity contribution is 6.07. The van der Waals surface area contributed by atoms with Gasteiger partial charge in [0.05, 0.1) is 25.8 Å². The van der Waals surface area contributed by atoms with Crippen LogP contribution in [0.2, 0.25) is 0 Å². The normalized spacial score (nSPS) is 16.1. The fourth-order valence-corrected chi connectivity index (χ4v) is 3.19. The Bertz CT molecular complexity index is 952. The van der Waals surface area contributed by atoms with Crippen molar-refractivity contribution in [3.8, 4) is 11.5 Å². The zero-order valence-electron chi connectivity index (χ0n) is 16.3. The van der Waals surface area contributed by atoms with Gasteiger partial charge in [0.1, 0.15) is 11.5 Å². The second-order valence-corrected chi connectivity index (χ2v) is 6.45. The molecule has 0 unspecified atom stereocenters. The van der Waals surface area contributed by atoms with Crippen LogP contribution in [-0.2, 0) is 4.79 Å². The number of carbonyl (C=O) groups is 2. The van der Waals surface area contributed by atoms with E-state index in [1.165, 1.54) is 7.11 Å². The van der Waals surface area contributed by atoms with Crippen molar-refractivity contribution in [2.45, 2.75) is 19.9 Å². The molecule has 1 aliphatic rings. The van der Waals surface area contributed by atoms with Gasteiger partial charge in [-0.05, 0) is 37.6 Å². The Kier molecular flexibility index (Phi) is 5.54. The van der Waals surface area contributed by atoms with Crippen LogP contribution in [0.3, 0.4) is 0 Å². The summed E-state index contributed by atoms with van der Waals surface area (Å²) in [5.41, 5.74) is 3.21. The summed E-state index contributed by atoms with van der Waals surface area (Å²) in [6, 6.07) is 11.7. The molecule has 0 bridgehead atoms. The summed E-state index contributed by atoms with van der Waals surface area (Å²) in [6.07, 6.45) is 0. The minimum Gasteiger partial charge on any atom is -0.497 e. The average Bonchev–Trinajstić information content (AvgIpc) is 2.68. The Morgan fingerprint density at radius 1 is 1.07 bits per heavy atom. The van der Waals surface area contributed by atoms with E-state index in [2.05, 4.69) is 16.0 Å². The fraction of sp³-hybridized carbons (Fsp3) is 0.238. The number of ether oxygens (including phenoxy) is 2. The number of benzene rings is 2. The monoisotopic (exact) mass is 381 g/mol. The first-order chi connectivity index (χ1) is 13.4. The van der Waals surface area contributed by atoms with E-state index < -0.39 is 6.04 Å². The lowest BCUT2D eigenvalue weighted by Gasteiger charge is -2.29. The Hall–Kier alpha value is -3.48. The number of urea groups is 1. The molecule has 0 spiro atoms. The molecule has 1 heterocycles. The predicted octanol–water partition coefficient (Wildman–Crippen LogP) is 3.28. The molecular weight excluding hydrogens is 358 g/mol. The van der Waals surface area contributed by atoms with E-state index in [1.54, 1.807) is 32.2 Å². The van der Waals surface area contributed by atoms with E-state index in [0.717, 1.165) is 5.56 Å². The second kappa shape index (κ2) is 8.04. The number of para-hydroxylation sites is 1. The maximum absolute atomic E-state index is 13.1. The largest absolute Gasteiger partial charge is 0.497 e. The molecule has 0 aromatic heterocycles. The molecule has 3 amide bonds. The van der Waals surface area contributed by atoms with Crippen LogP contribution in [0, 0.1) is 6.92 Å². The van der Waals surface area contributed by atoms with E-state index in [4.69, 9.17) is 9.47 Å². The smallest absolute Gasteiger partial charge is 0.319 e. The predicted molar refractivity (Wildman–Crippen MR) is 106 cm³/mol. The van der Waals surface area contributed by atoms with E-state index in [0.29, 0.717) is 34.0 Å². The molecule has 0 fully saturated rings. The molecule has 1 aliphatic heterocycles. The van der Waals surface area contributed by atoms with Crippen molar-refractivity contribution in [1.29, 1.82) is 0 Å². The zero-order chi connectivity index (χ0) is 20.3. The van der Waals surface area contributed by atoms with Crippen LogP contribution in [0.1, 0.15) is 24.1 Å². The highest BCUT2D eigenvalue weighted by atomic mass is 16.5. The Morgan fingerprint density at radius 3 is 2.50 bits per heavy atom. The van der Waals surface area contributed by atoms with Crippen LogP contribution in [-0.4, -0.2) is 26.2 Å². The molecule has 0 saturated carbocycles. The van der Waals surface area contributed by atoms with Gasteiger partial charge in [-0.25, -0.2) is 4.79 Å². The van der Waals surface area contributed by atoms with Gasteiger partial charge in [0.2, 0.25) is 0 Å². The number of rotatable bonds is 5. The van der Waals surface area contributed by atoms with Gasteiger partial charge in [0, 0.05) is 23.0 Å². The van der Waals surface area contributed by atoms with Crippen LogP contribution in [0.25, 0.3) is 0 Å². The molecule has 0 saturated heterocycles. The number of anilines is 1. The summed E-state index contributed by atoms with van der Waals surface area (Å²) < 4.78 is 10.7. The third-order valence-corrected chi connectivity index (χ3v) is 4.66. The number of carbonyl (C=O) groups excluding carboxylic acids is 2. The quantitative estimate of drug-likeness (QED) is 0.742. The molecule has 146 valence electrons. The zero-order valence-corrected chi connectivity index (χ0v) is 16.3. The molecule has 0 radical (unpaired) electrons. The molecule has 3 rings (SSSR count). The molecule has 2 aromatic carbocycles. The fourth-order valence-electron chi connectivity index (χ4n) is 3.19. The first-order valence-electron chi connectivity index (χ1n) is 8.81. The lowest BCUT2D eigenvalue weighted by atomic mass is 9.93. The Balaban J connectivity index is 2.02. The van der Waals surface area contributed by atoms with E-state index in [9.17, 15) is 9.59 Å². The highest BCUT2D eigenvalue weighted by Crippen LogP contribution is 2.35. The first-order valence-corrected chi connectivity index (χ1v) is 8.81. The second-order valence-electron chi connectivity index (χ2n) is 6.45. The van der Waals surface area contributed by atoms with Gasteiger partial charge in [-0.2, -0.15) is 0 Å². The Labute approximate surface area is 163 Å². The van der Waals surface area contributed by atoms with Crippen LogP contribution < -0.4 is 25.4 Å². The lowest BCUT2D eigenvalue weighted by Crippen LogP contribution is -2.46. The molecule has 3 N–H and O–H groups in total. The first kappa shape index (κ1) is 19.3. The van der Waals surface area contributed by atoms with Gasteiger partial charge in [-0.15, -0.1) is 0 Å². The van der Waals surface area contributed by atoms with Crippen molar-refractivity contribution in [2.24, 2.45) is 0 Å². The van der Waals surface area contributed by atoms with Crippen molar-refractivity contribution in [2.75, 3.05) is 19.5 Å². The van der Waals surface area contributed by atoms with Crippen LogP contribution >= 0.6 is 0 Å². The SMILES string of the molecule is COc1ccc([C@H]2NC(=O)NC(C)=C2C(=O)Nc2ccccc2C)c(OC)c1. The number of hydrogen-bond acceptors (Lipinski definition) is 4. The summed E-state index contributed by atoms with van der Waals surface area (Å²) >= 11 is 0.